The average molecular weight is 260 g/mol. The number of nitrogens with two attached hydrogens (primary N) is 1. The van der Waals surface area contributed by atoms with Crippen LogP contribution in [0.1, 0.15) is 24.4 Å². The van der Waals surface area contributed by atoms with Crippen LogP contribution in [0, 0.1) is 5.92 Å². The van der Waals surface area contributed by atoms with Gasteiger partial charge in [0.2, 0.25) is 0 Å². The van der Waals surface area contributed by atoms with E-state index >= 15 is 0 Å². The molecule has 1 atom stereocenters. The molecule has 0 bridgehead atoms. The van der Waals surface area contributed by atoms with E-state index in [-0.39, 0.29) is 29.9 Å². The zero-order valence-corrected chi connectivity index (χ0v) is 10.3. The Morgan fingerprint density at radius 1 is 1.18 bits per heavy atom. The highest BCUT2D eigenvalue weighted by Crippen LogP contribution is 2.32. The molecule has 0 aromatic heterocycles. The van der Waals surface area contributed by atoms with E-state index in [1.165, 1.54) is 12.1 Å². The molecule has 1 fully saturated rings. The second-order valence-corrected chi connectivity index (χ2v) is 4.22. The number of ether oxygens (including phenoxy) is 1. The van der Waals surface area contributed by atoms with Crippen molar-refractivity contribution in [3.05, 3.63) is 23.8 Å². The molecule has 0 radical (unpaired) electrons. The van der Waals surface area contributed by atoms with Crippen molar-refractivity contribution in [1.82, 2.24) is 0 Å². The Bertz CT molecular complexity index is 367. The Balaban J connectivity index is 0.00000144. The van der Waals surface area contributed by atoms with E-state index in [9.17, 15) is 10.2 Å². The number of halogens is 1. The minimum Gasteiger partial charge on any atom is -0.504 e. The Hall–Kier alpha value is -0.970. The molecule has 1 aliphatic heterocycles. The average Bonchev–Trinajstić information content (AvgIpc) is 2.33. The molecule has 17 heavy (non-hydrogen) atoms. The van der Waals surface area contributed by atoms with Crippen LogP contribution in [-0.4, -0.2) is 23.4 Å². The fraction of sp³-hybridized carbons (Fsp3) is 0.500. The van der Waals surface area contributed by atoms with Crippen LogP contribution in [0.4, 0.5) is 0 Å². The van der Waals surface area contributed by atoms with E-state index in [4.69, 9.17) is 10.5 Å². The summed E-state index contributed by atoms with van der Waals surface area (Å²) in [5, 5.41) is 18.6. The third-order valence-electron chi connectivity index (χ3n) is 3.16. The number of phenols is 2. The molecule has 96 valence electrons. The minimum absolute atomic E-state index is 0. The lowest BCUT2D eigenvalue weighted by Crippen LogP contribution is -2.27. The van der Waals surface area contributed by atoms with E-state index < -0.39 is 0 Å². The first-order valence-electron chi connectivity index (χ1n) is 5.53. The van der Waals surface area contributed by atoms with Gasteiger partial charge < -0.3 is 20.7 Å². The standard InChI is InChI=1S/C12H17NO3.ClH/c13-12(8-3-5-16-6-4-8)9-1-2-10(14)11(15)7-9;/h1-2,7-8,12,14-15H,3-6,13H2;1H/t12-;/m0./s1. The maximum atomic E-state index is 9.42. The summed E-state index contributed by atoms with van der Waals surface area (Å²) in [6, 6.07) is 4.67. The monoisotopic (exact) mass is 259 g/mol. The zero-order valence-electron chi connectivity index (χ0n) is 9.50. The summed E-state index contributed by atoms with van der Waals surface area (Å²) in [7, 11) is 0. The summed E-state index contributed by atoms with van der Waals surface area (Å²) >= 11 is 0. The van der Waals surface area contributed by atoms with Gasteiger partial charge in [-0.1, -0.05) is 6.07 Å². The van der Waals surface area contributed by atoms with Gasteiger partial charge in [-0.15, -0.1) is 12.4 Å². The van der Waals surface area contributed by atoms with E-state index in [0.29, 0.717) is 5.92 Å². The van der Waals surface area contributed by atoms with E-state index in [1.54, 1.807) is 6.07 Å². The van der Waals surface area contributed by atoms with Gasteiger partial charge in [0.1, 0.15) is 0 Å². The van der Waals surface area contributed by atoms with Crippen molar-refractivity contribution < 1.29 is 14.9 Å². The number of benzene rings is 1. The lowest BCUT2D eigenvalue weighted by Gasteiger charge is -2.27. The Morgan fingerprint density at radius 3 is 2.41 bits per heavy atom. The van der Waals surface area contributed by atoms with E-state index in [1.807, 2.05) is 0 Å². The highest BCUT2D eigenvalue weighted by Gasteiger charge is 2.22. The van der Waals surface area contributed by atoms with Crippen LogP contribution in [0.2, 0.25) is 0 Å². The van der Waals surface area contributed by atoms with Crippen LogP contribution in [-0.2, 0) is 4.74 Å². The highest BCUT2D eigenvalue weighted by atomic mass is 35.5. The van der Waals surface area contributed by atoms with Crippen LogP contribution < -0.4 is 5.73 Å². The van der Waals surface area contributed by atoms with Gasteiger partial charge >= 0.3 is 0 Å². The molecule has 1 aliphatic rings. The van der Waals surface area contributed by atoms with Crippen LogP contribution in [0.25, 0.3) is 0 Å². The van der Waals surface area contributed by atoms with Gasteiger partial charge in [0.05, 0.1) is 0 Å². The summed E-state index contributed by atoms with van der Waals surface area (Å²) in [4.78, 5) is 0. The molecule has 0 saturated carbocycles. The molecule has 1 aromatic rings. The number of hydrogen-bond acceptors (Lipinski definition) is 4. The van der Waals surface area contributed by atoms with E-state index in [0.717, 1.165) is 31.6 Å². The number of phenolic OH excluding ortho intramolecular Hbond substituents is 2. The summed E-state index contributed by atoms with van der Waals surface area (Å²) < 4.78 is 5.28. The first-order chi connectivity index (χ1) is 7.68. The molecular weight excluding hydrogens is 242 g/mol. The van der Waals surface area contributed by atoms with Crippen molar-refractivity contribution in [3.63, 3.8) is 0 Å². The molecule has 5 heteroatoms. The second-order valence-electron chi connectivity index (χ2n) is 4.22. The quantitative estimate of drug-likeness (QED) is 0.710. The largest absolute Gasteiger partial charge is 0.504 e. The molecule has 0 aliphatic carbocycles. The van der Waals surface area contributed by atoms with Gasteiger partial charge in [0.25, 0.3) is 0 Å². The molecule has 1 aromatic carbocycles. The van der Waals surface area contributed by atoms with Gasteiger partial charge in [-0.25, -0.2) is 0 Å². The molecule has 0 unspecified atom stereocenters. The minimum atomic E-state index is -0.111. The summed E-state index contributed by atoms with van der Waals surface area (Å²) in [6.45, 7) is 1.50. The van der Waals surface area contributed by atoms with Crippen molar-refractivity contribution >= 4 is 12.4 Å². The van der Waals surface area contributed by atoms with Gasteiger partial charge in [0, 0.05) is 19.3 Å². The fourth-order valence-corrected chi connectivity index (χ4v) is 2.09. The normalized spacial score (nSPS) is 18.4. The highest BCUT2D eigenvalue weighted by molar-refractivity contribution is 5.85. The Kier molecular flexibility index (Phi) is 5.05. The van der Waals surface area contributed by atoms with Gasteiger partial charge in [0.15, 0.2) is 11.5 Å². The van der Waals surface area contributed by atoms with Crippen LogP contribution in [0.3, 0.4) is 0 Å². The lowest BCUT2D eigenvalue weighted by molar-refractivity contribution is 0.0583. The Labute approximate surface area is 107 Å². The third kappa shape index (κ3) is 3.25. The smallest absolute Gasteiger partial charge is 0.157 e. The molecule has 2 rings (SSSR count). The molecule has 0 amide bonds. The number of hydrogen-bond donors (Lipinski definition) is 3. The maximum Gasteiger partial charge on any atom is 0.157 e. The SMILES string of the molecule is Cl.N[C@H](c1ccc(O)c(O)c1)C1CCOCC1. The number of aromatic hydroxyl groups is 2. The van der Waals surface area contributed by atoms with Crippen LogP contribution in [0.15, 0.2) is 18.2 Å². The van der Waals surface area contributed by atoms with Crippen molar-refractivity contribution in [2.24, 2.45) is 11.7 Å². The molecule has 4 N–H and O–H groups in total. The van der Waals surface area contributed by atoms with Gasteiger partial charge in [-0.2, -0.15) is 0 Å². The first-order valence-corrected chi connectivity index (χ1v) is 5.53. The second kappa shape index (κ2) is 6.10. The Morgan fingerprint density at radius 2 is 1.82 bits per heavy atom. The maximum absolute atomic E-state index is 9.42. The predicted octanol–water partition coefficient (Wildman–Crippen LogP) is 1.95. The predicted molar refractivity (Wildman–Crippen MR) is 67.5 cm³/mol. The molecule has 1 heterocycles. The summed E-state index contributed by atoms with van der Waals surface area (Å²) in [6.07, 6.45) is 1.89. The molecule has 1 saturated heterocycles. The van der Waals surface area contributed by atoms with Crippen molar-refractivity contribution in [2.45, 2.75) is 18.9 Å². The number of rotatable bonds is 2. The molecule has 4 nitrogen and oxygen atoms in total. The van der Waals surface area contributed by atoms with Gasteiger partial charge in [-0.3, -0.25) is 0 Å². The lowest BCUT2D eigenvalue weighted by atomic mass is 9.88. The van der Waals surface area contributed by atoms with E-state index in [2.05, 4.69) is 0 Å². The third-order valence-corrected chi connectivity index (χ3v) is 3.16. The first kappa shape index (κ1) is 14.1. The summed E-state index contributed by atoms with van der Waals surface area (Å²) in [5.41, 5.74) is 7.00. The topological polar surface area (TPSA) is 75.7 Å². The van der Waals surface area contributed by atoms with Crippen LogP contribution in [0.5, 0.6) is 11.5 Å². The van der Waals surface area contributed by atoms with Crippen molar-refractivity contribution in [2.75, 3.05) is 13.2 Å². The van der Waals surface area contributed by atoms with Gasteiger partial charge in [-0.05, 0) is 36.5 Å². The van der Waals surface area contributed by atoms with Crippen molar-refractivity contribution in [3.8, 4) is 11.5 Å². The molecule has 0 spiro atoms. The molecular formula is C12H18ClNO3. The zero-order chi connectivity index (χ0) is 11.5. The van der Waals surface area contributed by atoms with Crippen molar-refractivity contribution in [1.29, 1.82) is 0 Å². The van der Waals surface area contributed by atoms with Crippen LogP contribution >= 0.6 is 12.4 Å². The summed E-state index contributed by atoms with van der Waals surface area (Å²) in [5.74, 6) is 0.167. The fourth-order valence-electron chi connectivity index (χ4n) is 2.09.